The molecular formula is C20H21ClN2O2. The summed E-state index contributed by atoms with van der Waals surface area (Å²) < 4.78 is 0. The number of benzene rings is 2. The number of nitrogens with zero attached hydrogens (tertiary/aromatic N) is 1. The number of anilines is 1. The van der Waals surface area contributed by atoms with Crippen molar-refractivity contribution in [3.8, 4) is 0 Å². The summed E-state index contributed by atoms with van der Waals surface area (Å²) in [6.07, 6.45) is 0.227. The number of aryl methyl sites for hydroxylation is 2. The monoisotopic (exact) mass is 356 g/mol. The third-order valence-electron chi connectivity index (χ3n) is 4.55. The molecule has 130 valence electrons. The fourth-order valence-corrected chi connectivity index (χ4v) is 3.10. The van der Waals surface area contributed by atoms with Gasteiger partial charge in [-0.3, -0.25) is 9.59 Å². The maximum atomic E-state index is 12.4. The van der Waals surface area contributed by atoms with Crippen LogP contribution in [0.3, 0.4) is 0 Å². The van der Waals surface area contributed by atoms with E-state index in [1.54, 1.807) is 11.0 Å². The van der Waals surface area contributed by atoms with E-state index in [1.165, 1.54) is 5.56 Å². The molecule has 0 radical (unpaired) electrons. The van der Waals surface area contributed by atoms with E-state index < -0.39 is 0 Å². The van der Waals surface area contributed by atoms with Crippen molar-refractivity contribution < 1.29 is 9.59 Å². The molecule has 0 unspecified atom stereocenters. The largest absolute Gasteiger partial charge is 0.352 e. The average Bonchev–Trinajstić information content (AvgIpc) is 2.98. The molecule has 1 aliphatic rings. The van der Waals surface area contributed by atoms with Crippen LogP contribution in [-0.4, -0.2) is 18.4 Å². The van der Waals surface area contributed by atoms with Gasteiger partial charge in [-0.25, -0.2) is 0 Å². The van der Waals surface area contributed by atoms with Gasteiger partial charge in [0.25, 0.3) is 0 Å². The van der Waals surface area contributed by atoms with E-state index in [9.17, 15) is 9.59 Å². The topological polar surface area (TPSA) is 49.4 Å². The van der Waals surface area contributed by atoms with Crippen LogP contribution in [-0.2, 0) is 16.1 Å². The zero-order valence-corrected chi connectivity index (χ0v) is 15.1. The Labute approximate surface area is 152 Å². The molecule has 1 N–H and O–H groups in total. The van der Waals surface area contributed by atoms with Gasteiger partial charge in [-0.1, -0.05) is 47.5 Å². The van der Waals surface area contributed by atoms with Crippen LogP contribution in [0.5, 0.6) is 0 Å². The minimum atomic E-state index is -0.335. The Hall–Kier alpha value is -2.33. The number of hydrogen-bond donors (Lipinski definition) is 1. The number of amides is 2. The highest BCUT2D eigenvalue weighted by molar-refractivity contribution is 6.31. The maximum absolute atomic E-state index is 12.4. The number of rotatable bonds is 4. The third kappa shape index (κ3) is 4.02. The molecule has 3 rings (SSSR count). The smallest absolute Gasteiger partial charge is 0.227 e. The maximum Gasteiger partial charge on any atom is 0.227 e. The molecule has 0 bridgehead atoms. The molecule has 4 nitrogen and oxygen atoms in total. The molecule has 5 heteroatoms. The fourth-order valence-electron chi connectivity index (χ4n) is 2.92. The molecule has 1 aliphatic heterocycles. The van der Waals surface area contributed by atoms with Gasteiger partial charge in [-0.15, -0.1) is 0 Å². The number of nitrogens with one attached hydrogen (secondary N) is 1. The lowest BCUT2D eigenvalue weighted by Crippen LogP contribution is -2.32. The Morgan fingerprint density at radius 2 is 1.92 bits per heavy atom. The summed E-state index contributed by atoms with van der Waals surface area (Å²) >= 11 is 6.15. The van der Waals surface area contributed by atoms with Gasteiger partial charge < -0.3 is 10.2 Å². The molecule has 2 aromatic carbocycles. The van der Waals surface area contributed by atoms with Gasteiger partial charge >= 0.3 is 0 Å². The lowest BCUT2D eigenvalue weighted by atomic mass is 10.1. The molecule has 1 saturated heterocycles. The molecule has 0 aliphatic carbocycles. The predicted octanol–water partition coefficient (Wildman–Crippen LogP) is 3.63. The van der Waals surface area contributed by atoms with Crippen LogP contribution >= 0.6 is 11.6 Å². The zero-order chi connectivity index (χ0) is 18.0. The van der Waals surface area contributed by atoms with E-state index in [0.717, 1.165) is 16.8 Å². The SMILES string of the molecule is Cc1ccc(CNC(=O)[C@H]2CC(=O)N(c3ccc(C)c(Cl)c3)C2)cc1. The lowest BCUT2D eigenvalue weighted by molar-refractivity contribution is -0.126. The van der Waals surface area contributed by atoms with Crippen molar-refractivity contribution in [2.24, 2.45) is 5.92 Å². The van der Waals surface area contributed by atoms with E-state index in [4.69, 9.17) is 11.6 Å². The molecule has 0 aromatic heterocycles. The van der Waals surface area contributed by atoms with E-state index >= 15 is 0 Å². The van der Waals surface area contributed by atoms with Crippen molar-refractivity contribution in [3.05, 3.63) is 64.2 Å². The van der Waals surface area contributed by atoms with Crippen LogP contribution in [0.15, 0.2) is 42.5 Å². The summed E-state index contributed by atoms with van der Waals surface area (Å²) in [4.78, 5) is 26.4. The Morgan fingerprint density at radius 3 is 2.60 bits per heavy atom. The summed E-state index contributed by atoms with van der Waals surface area (Å²) in [6.45, 7) is 4.80. The number of carbonyl (C=O) groups excluding carboxylic acids is 2. The second-order valence-electron chi connectivity index (χ2n) is 6.54. The molecule has 1 atom stereocenters. The van der Waals surface area contributed by atoms with E-state index in [2.05, 4.69) is 5.32 Å². The fraction of sp³-hybridized carbons (Fsp3) is 0.300. The van der Waals surface area contributed by atoms with Crippen LogP contribution in [0, 0.1) is 19.8 Å². The van der Waals surface area contributed by atoms with Crippen molar-refractivity contribution in [1.82, 2.24) is 5.32 Å². The Balaban J connectivity index is 1.62. The third-order valence-corrected chi connectivity index (χ3v) is 4.96. The second kappa shape index (κ2) is 7.28. The molecule has 25 heavy (non-hydrogen) atoms. The first-order valence-electron chi connectivity index (χ1n) is 8.34. The minimum absolute atomic E-state index is 0.0459. The standard InChI is InChI=1S/C20H21ClN2O2/c1-13-3-6-15(7-4-13)11-22-20(25)16-9-19(24)23(12-16)17-8-5-14(2)18(21)10-17/h3-8,10,16H,9,11-12H2,1-2H3,(H,22,25)/t16-/m0/s1. The van der Waals surface area contributed by atoms with Crippen LogP contribution in [0.1, 0.15) is 23.1 Å². The highest BCUT2D eigenvalue weighted by atomic mass is 35.5. The zero-order valence-electron chi connectivity index (χ0n) is 14.4. The van der Waals surface area contributed by atoms with Gasteiger partial charge in [0.2, 0.25) is 11.8 Å². The Morgan fingerprint density at radius 1 is 1.20 bits per heavy atom. The quantitative estimate of drug-likeness (QED) is 0.909. The highest BCUT2D eigenvalue weighted by Crippen LogP contribution is 2.28. The predicted molar refractivity (Wildman–Crippen MR) is 99.7 cm³/mol. The molecule has 0 spiro atoms. The molecule has 1 fully saturated rings. The minimum Gasteiger partial charge on any atom is -0.352 e. The number of halogens is 1. The first kappa shape index (κ1) is 17.5. The van der Waals surface area contributed by atoms with Crippen molar-refractivity contribution in [3.63, 3.8) is 0 Å². The van der Waals surface area contributed by atoms with Gasteiger partial charge in [-0.05, 0) is 37.1 Å². The summed E-state index contributed by atoms with van der Waals surface area (Å²) in [5, 5.41) is 3.55. The number of hydrogen-bond acceptors (Lipinski definition) is 2. The van der Waals surface area contributed by atoms with Crippen LogP contribution < -0.4 is 10.2 Å². The van der Waals surface area contributed by atoms with Crippen LogP contribution in [0.2, 0.25) is 5.02 Å². The Bertz CT molecular complexity index is 802. The van der Waals surface area contributed by atoms with Crippen LogP contribution in [0.25, 0.3) is 0 Å². The molecule has 0 saturated carbocycles. The highest BCUT2D eigenvalue weighted by Gasteiger charge is 2.35. The summed E-state index contributed by atoms with van der Waals surface area (Å²) in [6, 6.07) is 13.6. The Kier molecular flexibility index (Phi) is 5.09. The summed E-state index contributed by atoms with van der Waals surface area (Å²) in [7, 11) is 0. The van der Waals surface area contributed by atoms with Gasteiger partial charge in [0.1, 0.15) is 0 Å². The van der Waals surface area contributed by atoms with E-state index in [-0.39, 0.29) is 24.2 Å². The van der Waals surface area contributed by atoms with Crippen molar-refractivity contribution >= 4 is 29.1 Å². The first-order valence-corrected chi connectivity index (χ1v) is 8.71. The molecule has 2 amide bonds. The molecular weight excluding hydrogens is 336 g/mol. The van der Waals surface area contributed by atoms with Gasteiger partial charge in [0.15, 0.2) is 0 Å². The average molecular weight is 357 g/mol. The first-order chi connectivity index (χ1) is 11.9. The van der Waals surface area contributed by atoms with Gasteiger partial charge in [-0.2, -0.15) is 0 Å². The molecule has 1 heterocycles. The normalized spacial score (nSPS) is 17.0. The van der Waals surface area contributed by atoms with Gasteiger partial charge in [0, 0.05) is 30.2 Å². The van der Waals surface area contributed by atoms with Gasteiger partial charge in [0.05, 0.1) is 5.92 Å². The number of carbonyl (C=O) groups is 2. The van der Waals surface area contributed by atoms with E-state index in [1.807, 2.05) is 50.2 Å². The van der Waals surface area contributed by atoms with Crippen molar-refractivity contribution in [2.75, 3.05) is 11.4 Å². The lowest BCUT2D eigenvalue weighted by Gasteiger charge is -2.17. The summed E-state index contributed by atoms with van der Waals surface area (Å²) in [5.41, 5.74) is 3.94. The van der Waals surface area contributed by atoms with E-state index in [0.29, 0.717) is 18.1 Å². The molecule has 2 aromatic rings. The van der Waals surface area contributed by atoms with Crippen molar-refractivity contribution in [2.45, 2.75) is 26.8 Å². The van der Waals surface area contributed by atoms with Crippen LogP contribution in [0.4, 0.5) is 5.69 Å². The summed E-state index contributed by atoms with van der Waals surface area (Å²) in [5.74, 6) is -0.469. The van der Waals surface area contributed by atoms with Crippen molar-refractivity contribution in [1.29, 1.82) is 0 Å². The second-order valence-corrected chi connectivity index (χ2v) is 6.95.